The van der Waals surface area contributed by atoms with Gasteiger partial charge >= 0.3 is 0 Å². The highest BCUT2D eigenvalue weighted by molar-refractivity contribution is 6.00. The number of halogens is 4. The average Bonchev–Trinajstić information content (AvgIpc) is 2.39. The zero-order valence-electron chi connectivity index (χ0n) is 12.2. The fourth-order valence-corrected chi connectivity index (χ4v) is 2.30. The summed E-state index contributed by atoms with van der Waals surface area (Å²) in [6.07, 6.45) is -0.0553. The van der Waals surface area contributed by atoms with E-state index in [-0.39, 0.29) is 49.3 Å². The lowest BCUT2D eigenvalue weighted by Gasteiger charge is -2.25. The lowest BCUT2D eigenvalue weighted by atomic mass is 9.93. The number of rotatable bonds is 2. The van der Waals surface area contributed by atoms with Gasteiger partial charge in [-0.1, -0.05) is 0 Å². The molecule has 0 spiro atoms. The Morgan fingerprint density at radius 1 is 1.09 bits per heavy atom. The first-order valence-electron chi connectivity index (χ1n) is 7.02. The molecule has 5 N–H and O–H groups in total. The van der Waals surface area contributed by atoms with Crippen LogP contribution in [-0.4, -0.2) is 23.9 Å². The van der Waals surface area contributed by atoms with Gasteiger partial charge in [0.25, 0.3) is 0 Å². The molecule has 23 heavy (non-hydrogen) atoms. The first-order valence-corrected chi connectivity index (χ1v) is 7.02. The summed E-state index contributed by atoms with van der Waals surface area (Å²) in [4.78, 5) is 7.76. The molecule has 5 nitrogen and oxygen atoms in total. The third-order valence-corrected chi connectivity index (χ3v) is 3.37. The second-order valence-electron chi connectivity index (χ2n) is 5.35. The highest BCUT2D eigenvalue weighted by Gasteiger charge is 2.34. The molecule has 9 heteroatoms. The maximum Gasteiger partial charge on any atom is 0.248 e. The van der Waals surface area contributed by atoms with Crippen molar-refractivity contribution in [3.63, 3.8) is 0 Å². The van der Waals surface area contributed by atoms with Gasteiger partial charge in [-0.15, -0.1) is 0 Å². The molecule has 1 fully saturated rings. The van der Waals surface area contributed by atoms with Crippen LogP contribution in [-0.2, 0) is 0 Å². The van der Waals surface area contributed by atoms with Crippen molar-refractivity contribution in [2.75, 3.05) is 5.32 Å². The van der Waals surface area contributed by atoms with E-state index in [0.717, 1.165) is 12.1 Å². The predicted molar refractivity (Wildman–Crippen MR) is 80.4 cm³/mol. The van der Waals surface area contributed by atoms with Crippen LogP contribution >= 0.6 is 0 Å². The maximum atomic E-state index is 13.0. The van der Waals surface area contributed by atoms with E-state index >= 15 is 0 Å². The number of nitrogens with zero attached hydrogens (tertiary/aromatic N) is 2. The first kappa shape index (κ1) is 17.0. The van der Waals surface area contributed by atoms with Crippen molar-refractivity contribution in [3.05, 3.63) is 29.8 Å². The van der Waals surface area contributed by atoms with E-state index in [2.05, 4.69) is 15.3 Å². The van der Waals surface area contributed by atoms with Crippen molar-refractivity contribution >= 4 is 17.6 Å². The molecule has 0 radical (unpaired) electrons. The van der Waals surface area contributed by atoms with Crippen LogP contribution in [0.3, 0.4) is 0 Å². The Kier molecular flexibility index (Phi) is 5.07. The molecule has 2 rings (SSSR count). The monoisotopic (exact) mass is 331 g/mol. The van der Waals surface area contributed by atoms with Crippen molar-refractivity contribution in [2.45, 2.75) is 37.6 Å². The predicted octanol–water partition coefficient (Wildman–Crippen LogP) is 2.58. The van der Waals surface area contributed by atoms with Crippen LogP contribution in [0.5, 0.6) is 0 Å². The van der Waals surface area contributed by atoms with Crippen molar-refractivity contribution in [1.29, 1.82) is 0 Å². The summed E-state index contributed by atoms with van der Waals surface area (Å²) < 4.78 is 52.2. The van der Waals surface area contributed by atoms with Crippen LogP contribution in [0, 0.1) is 11.6 Å². The van der Waals surface area contributed by atoms with Gasteiger partial charge in [0.1, 0.15) is 11.6 Å². The Hall–Kier alpha value is -2.32. The molecule has 0 aromatic heterocycles. The molecule has 1 aromatic rings. The van der Waals surface area contributed by atoms with Gasteiger partial charge in [0.2, 0.25) is 17.8 Å². The molecule has 0 aliphatic heterocycles. The third kappa shape index (κ3) is 5.42. The number of hydrogen-bond acceptors (Lipinski definition) is 1. The quantitative estimate of drug-likeness (QED) is 0.442. The van der Waals surface area contributed by atoms with Gasteiger partial charge in [0.05, 0.1) is 6.04 Å². The van der Waals surface area contributed by atoms with E-state index in [4.69, 9.17) is 11.5 Å². The second kappa shape index (κ2) is 6.84. The molecule has 126 valence electrons. The first-order chi connectivity index (χ1) is 10.7. The molecule has 0 bridgehead atoms. The van der Waals surface area contributed by atoms with Gasteiger partial charge in [-0.25, -0.2) is 22.6 Å². The van der Waals surface area contributed by atoms with E-state index < -0.39 is 17.6 Å². The Morgan fingerprint density at radius 2 is 1.65 bits per heavy atom. The summed E-state index contributed by atoms with van der Waals surface area (Å²) in [6.45, 7) is 0. The van der Waals surface area contributed by atoms with E-state index in [1.165, 1.54) is 0 Å². The van der Waals surface area contributed by atoms with Gasteiger partial charge in [-0.3, -0.25) is 0 Å². The van der Waals surface area contributed by atoms with E-state index in [9.17, 15) is 17.6 Å². The number of nitrogens with one attached hydrogen (secondary N) is 1. The second-order valence-corrected chi connectivity index (χ2v) is 5.35. The third-order valence-electron chi connectivity index (χ3n) is 3.37. The normalized spacial score (nSPS) is 19.7. The van der Waals surface area contributed by atoms with Gasteiger partial charge in [0.15, 0.2) is 0 Å². The van der Waals surface area contributed by atoms with Crippen molar-refractivity contribution in [1.82, 2.24) is 0 Å². The highest BCUT2D eigenvalue weighted by atomic mass is 19.3. The van der Waals surface area contributed by atoms with Crippen LogP contribution < -0.4 is 16.8 Å². The number of anilines is 1. The minimum atomic E-state index is -2.65. The molecule has 1 aliphatic rings. The molecule has 1 aromatic carbocycles. The van der Waals surface area contributed by atoms with E-state index in [1.807, 2.05) is 0 Å². The minimum Gasteiger partial charge on any atom is -0.369 e. The summed E-state index contributed by atoms with van der Waals surface area (Å²) in [5, 5.41) is 2.47. The zero-order valence-corrected chi connectivity index (χ0v) is 12.2. The molecular formula is C14H17F4N5. The Balaban J connectivity index is 1.98. The minimum absolute atomic E-state index is 0.0638. The van der Waals surface area contributed by atoms with Crippen molar-refractivity contribution in [2.24, 2.45) is 21.5 Å². The SMILES string of the molecule is NC(=NC1CCC(F)(F)CC1)N=C(N)Nc1cc(F)cc(F)c1. The fourth-order valence-electron chi connectivity index (χ4n) is 2.30. The Labute approximate surface area is 130 Å². The number of aliphatic imine (C=N–C) groups is 2. The molecule has 1 saturated carbocycles. The van der Waals surface area contributed by atoms with Gasteiger partial charge < -0.3 is 16.8 Å². The molecule has 0 heterocycles. The summed E-state index contributed by atoms with van der Waals surface area (Å²) in [7, 11) is 0. The van der Waals surface area contributed by atoms with Gasteiger partial charge in [-0.05, 0) is 25.0 Å². The van der Waals surface area contributed by atoms with Crippen molar-refractivity contribution in [3.8, 4) is 0 Å². The lowest BCUT2D eigenvalue weighted by Crippen LogP contribution is -2.29. The summed E-state index contributed by atoms with van der Waals surface area (Å²) in [5.74, 6) is -4.58. The molecule has 0 amide bonds. The summed E-state index contributed by atoms with van der Waals surface area (Å²) in [5.41, 5.74) is 11.2. The number of guanidine groups is 2. The number of benzene rings is 1. The topological polar surface area (TPSA) is 88.8 Å². The van der Waals surface area contributed by atoms with Crippen LogP contribution in [0.1, 0.15) is 25.7 Å². The number of nitrogens with two attached hydrogens (primary N) is 2. The van der Waals surface area contributed by atoms with Crippen LogP contribution in [0.2, 0.25) is 0 Å². The van der Waals surface area contributed by atoms with Crippen molar-refractivity contribution < 1.29 is 17.6 Å². The summed E-state index contributed by atoms with van der Waals surface area (Å²) in [6, 6.07) is 2.44. The Bertz CT molecular complexity index is 599. The van der Waals surface area contributed by atoms with E-state index in [1.54, 1.807) is 0 Å². The van der Waals surface area contributed by atoms with Crippen LogP contribution in [0.15, 0.2) is 28.2 Å². The van der Waals surface area contributed by atoms with Crippen LogP contribution in [0.4, 0.5) is 23.2 Å². The Morgan fingerprint density at radius 3 is 2.22 bits per heavy atom. The van der Waals surface area contributed by atoms with Crippen LogP contribution in [0.25, 0.3) is 0 Å². The molecule has 0 saturated heterocycles. The molecular weight excluding hydrogens is 314 g/mol. The smallest absolute Gasteiger partial charge is 0.248 e. The molecule has 0 atom stereocenters. The molecule has 0 unspecified atom stereocenters. The summed E-state index contributed by atoms with van der Waals surface area (Å²) >= 11 is 0. The number of alkyl halides is 2. The zero-order chi connectivity index (χ0) is 17.0. The average molecular weight is 331 g/mol. The lowest BCUT2D eigenvalue weighted by molar-refractivity contribution is -0.0373. The largest absolute Gasteiger partial charge is 0.369 e. The van der Waals surface area contributed by atoms with E-state index in [0.29, 0.717) is 6.07 Å². The van der Waals surface area contributed by atoms with Gasteiger partial charge in [-0.2, -0.15) is 4.99 Å². The standard InChI is InChI=1S/C14H17F4N5/c15-8-5-9(16)7-11(6-8)22-13(20)23-12(19)21-10-1-3-14(17,18)4-2-10/h5-7,10H,1-4H2,(H5,19,20,21,22,23). The number of hydrogen-bond donors (Lipinski definition) is 3. The fraction of sp³-hybridized carbons (Fsp3) is 0.429. The maximum absolute atomic E-state index is 13.0. The highest BCUT2D eigenvalue weighted by Crippen LogP contribution is 2.34. The molecule has 1 aliphatic carbocycles. The van der Waals surface area contributed by atoms with Gasteiger partial charge in [0, 0.05) is 24.6 Å².